The zero-order valence-corrected chi connectivity index (χ0v) is 10.9. The van der Waals surface area contributed by atoms with Crippen molar-refractivity contribution in [2.45, 2.75) is 26.0 Å². The fraction of sp³-hybridized carbons (Fsp3) is 0.538. The molecule has 17 heavy (non-hydrogen) atoms. The van der Waals surface area contributed by atoms with E-state index in [0.717, 1.165) is 11.3 Å². The summed E-state index contributed by atoms with van der Waals surface area (Å²) < 4.78 is 15.9. The summed E-state index contributed by atoms with van der Waals surface area (Å²) in [7, 11) is 3.23. The van der Waals surface area contributed by atoms with Gasteiger partial charge in [-0.25, -0.2) is 0 Å². The lowest BCUT2D eigenvalue weighted by Crippen LogP contribution is -2.37. The van der Waals surface area contributed by atoms with Crippen molar-refractivity contribution >= 4 is 0 Å². The standard InChI is InChI=1S/C13H21NO3/c1-13(2,14)9-17-8-10-5-6-11(15-3)12(7-10)16-4/h5-7H,8-9,14H2,1-4H3. The first-order valence-electron chi connectivity index (χ1n) is 5.54. The SMILES string of the molecule is COc1ccc(COCC(C)(C)N)cc1OC. The summed E-state index contributed by atoms with van der Waals surface area (Å²) >= 11 is 0. The zero-order valence-electron chi connectivity index (χ0n) is 10.9. The molecule has 0 aliphatic carbocycles. The summed E-state index contributed by atoms with van der Waals surface area (Å²) in [5.41, 5.74) is 6.56. The van der Waals surface area contributed by atoms with Gasteiger partial charge in [0.05, 0.1) is 27.4 Å². The number of nitrogens with two attached hydrogens (primary N) is 1. The number of ether oxygens (including phenoxy) is 3. The summed E-state index contributed by atoms with van der Waals surface area (Å²) in [6, 6.07) is 5.72. The fourth-order valence-electron chi connectivity index (χ4n) is 1.40. The van der Waals surface area contributed by atoms with E-state index in [2.05, 4.69) is 0 Å². The van der Waals surface area contributed by atoms with Crippen LogP contribution in [0.4, 0.5) is 0 Å². The van der Waals surface area contributed by atoms with Gasteiger partial charge in [0.1, 0.15) is 0 Å². The van der Waals surface area contributed by atoms with Crippen LogP contribution in [0.2, 0.25) is 0 Å². The maximum Gasteiger partial charge on any atom is 0.161 e. The van der Waals surface area contributed by atoms with Gasteiger partial charge in [-0.05, 0) is 31.5 Å². The summed E-state index contributed by atoms with van der Waals surface area (Å²) in [6.45, 7) is 4.89. The van der Waals surface area contributed by atoms with E-state index in [-0.39, 0.29) is 5.54 Å². The van der Waals surface area contributed by atoms with Crippen LogP contribution in [0, 0.1) is 0 Å². The van der Waals surface area contributed by atoms with Gasteiger partial charge in [-0.1, -0.05) is 6.07 Å². The van der Waals surface area contributed by atoms with E-state index in [1.54, 1.807) is 14.2 Å². The second-order valence-corrected chi connectivity index (χ2v) is 4.67. The van der Waals surface area contributed by atoms with Crippen LogP contribution in [0.3, 0.4) is 0 Å². The Kier molecular flexibility index (Phi) is 4.78. The molecule has 0 aliphatic heterocycles. The topological polar surface area (TPSA) is 53.7 Å². The minimum atomic E-state index is -0.309. The average molecular weight is 239 g/mol. The maximum atomic E-state index is 5.83. The summed E-state index contributed by atoms with van der Waals surface area (Å²) in [4.78, 5) is 0. The predicted molar refractivity (Wildman–Crippen MR) is 67.5 cm³/mol. The molecule has 96 valence electrons. The Balaban J connectivity index is 2.60. The number of hydrogen-bond acceptors (Lipinski definition) is 4. The Bertz CT molecular complexity index is 358. The highest BCUT2D eigenvalue weighted by atomic mass is 16.5. The van der Waals surface area contributed by atoms with E-state index in [0.29, 0.717) is 19.0 Å². The third-order valence-electron chi connectivity index (χ3n) is 2.19. The van der Waals surface area contributed by atoms with Gasteiger partial charge < -0.3 is 19.9 Å². The lowest BCUT2D eigenvalue weighted by Gasteiger charge is -2.18. The summed E-state index contributed by atoms with van der Waals surface area (Å²) in [6.07, 6.45) is 0. The molecule has 0 heterocycles. The molecule has 1 aromatic carbocycles. The number of rotatable bonds is 6. The Labute approximate surface area is 103 Å². The molecule has 0 aliphatic rings. The van der Waals surface area contributed by atoms with Crippen molar-refractivity contribution in [2.75, 3.05) is 20.8 Å². The Morgan fingerprint density at radius 3 is 2.29 bits per heavy atom. The van der Waals surface area contributed by atoms with Gasteiger partial charge in [0, 0.05) is 5.54 Å². The van der Waals surface area contributed by atoms with Gasteiger partial charge in [-0.3, -0.25) is 0 Å². The van der Waals surface area contributed by atoms with Gasteiger partial charge in [-0.2, -0.15) is 0 Å². The van der Waals surface area contributed by atoms with E-state index >= 15 is 0 Å². The molecule has 2 N–H and O–H groups in total. The molecule has 0 aromatic heterocycles. The third kappa shape index (κ3) is 4.63. The van der Waals surface area contributed by atoms with Crippen molar-refractivity contribution in [2.24, 2.45) is 5.73 Å². The summed E-state index contributed by atoms with van der Waals surface area (Å²) in [5.74, 6) is 1.43. The van der Waals surface area contributed by atoms with E-state index in [9.17, 15) is 0 Å². The minimum Gasteiger partial charge on any atom is -0.493 e. The highest BCUT2D eigenvalue weighted by molar-refractivity contribution is 5.42. The van der Waals surface area contributed by atoms with Crippen molar-refractivity contribution < 1.29 is 14.2 Å². The number of benzene rings is 1. The van der Waals surface area contributed by atoms with Crippen molar-refractivity contribution in [3.8, 4) is 11.5 Å². The lowest BCUT2D eigenvalue weighted by molar-refractivity contribution is 0.0849. The molecule has 0 spiro atoms. The molecule has 0 unspecified atom stereocenters. The zero-order chi connectivity index (χ0) is 12.9. The Morgan fingerprint density at radius 1 is 1.12 bits per heavy atom. The van der Waals surface area contributed by atoms with Crippen molar-refractivity contribution in [1.82, 2.24) is 0 Å². The minimum absolute atomic E-state index is 0.309. The second kappa shape index (κ2) is 5.89. The normalized spacial score (nSPS) is 11.4. The largest absolute Gasteiger partial charge is 0.493 e. The second-order valence-electron chi connectivity index (χ2n) is 4.67. The van der Waals surface area contributed by atoms with E-state index in [1.807, 2.05) is 32.0 Å². The van der Waals surface area contributed by atoms with E-state index in [1.165, 1.54) is 0 Å². The molecule has 0 saturated heterocycles. The van der Waals surface area contributed by atoms with Crippen LogP contribution < -0.4 is 15.2 Å². The van der Waals surface area contributed by atoms with Crippen molar-refractivity contribution in [3.05, 3.63) is 23.8 Å². The lowest BCUT2D eigenvalue weighted by atomic mass is 10.1. The molecule has 0 amide bonds. The van der Waals surface area contributed by atoms with E-state index in [4.69, 9.17) is 19.9 Å². The molecule has 1 aromatic rings. The molecule has 0 saturated carbocycles. The fourth-order valence-corrected chi connectivity index (χ4v) is 1.40. The van der Waals surface area contributed by atoms with Gasteiger partial charge in [0.15, 0.2) is 11.5 Å². The summed E-state index contributed by atoms with van der Waals surface area (Å²) in [5, 5.41) is 0. The van der Waals surface area contributed by atoms with Gasteiger partial charge in [0.2, 0.25) is 0 Å². The quantitative estimate of drug-likeness (QED) is 0.824. The number of hydrogen-bond donors (Lipinski definition) is 1. The smallest absolute Gasteiger partial charge is 0.161 e. The van der Waals surface area contributed by atoms with E-state index < -0.39 is 0 Å². The van der Waals surface area contributed by atoms with Crippen LogP contribution in [0.15, 0.2) is 18.2 Å². The first-order chi connectivity index (χ1) is 7.96. The van der Waals surface area contributed by atoms with Gasteiger partial charge in [-0.15, -0.1) is 0 Å². The first kappa shape index (κ1) is 13.8. The molecule has 0 fully saturated rings. The van der Waals surface area contributed by atoms with Crippen LogP contribution in [-0.2, 0) is 11.3 Å². The van der Waals surface area contributed by atoms with Gasteiger partial charge in [0.25, 0.3) is 0 Å². The van der Waals surface area contributed by atoms with Crippen molar-refractivity contribution in [1.29, 1.82) is 0 Å². The highest BCUT2D eigenvalue weighted by Crippen LogP contribution is 2.27. The van der Waals surface area contributed by atoms with Crippen LogP contribution in [0.1, 0.15) is 19.4 Å². The van der Waals surface area contributed by atoms with Crippen molar-refractivity contribution in [3.63, 3.8) is 0 Å². The molecular formula is C13H21NO3. The number of methoxy groups -OCH3 is 2. The Morgan fingerprint density at radius 2 is 1.76 bits per heavy atom. The molecule has 0 bridgehead atoms. The average Bonchev–Trinajstić information content (AvgIpc) is 2.27. The Hall–Kier alpha value is -1.26. The monoisotopic (exact) mass is 239 g/mol. The maximum absolute atomic E-state index is 5.83. The molecule has 4 heteroatoms. The molecule has 0 radical (unpaired) electrons. The van der Waals surface area contributed by atoms with Gasteiger partial charge >= 0.3 is 0 Å². The van der Waals surface area contributed by atoms with Crippen LogP contribution >= 0.6 is 0 Å². The predicted octanol–water partition coefficient (Wildman–Crippen LogP) is 1.96. The molecule has 1 rings (SSSR count). The first-order valence-corrected chi connectivity index (χ1v) is 5.54. The third-order valence-corrected chi connectivity index (χ3v) is 2.19. The van der Waals surface area contributed by atoms with Crippen LogP contribution in [0.5, 0.6) is 11.5 Å². The molecule has 4 nitrogen and oxygen atoms in total. The molecular weight excluding hydrogens is 218 g/mol. The highest BCUT2D eigenvalue weighted by Gasteiger charge is 2.11. The molecule has 0 atom stereocenters. The van der Waals surface area contributed by atoms with Crippen LogP contribution in [0.25, 0.3) is 0 Å². The van der Waals surface area contributed by atoms with Crippen LogP contribution in [-0.4, -0.2) is 26.4 Å².